The van der Waals surface area contributed by atoms with Crippen molar-refractivity contribution in [3.05, 3.63) is 22.9 Å². The van der Waals surface area contributed by atoms with E-state index in [0.29, 0.717) is 6.04 Å². The molecule has 0 spiro atoms. The summed E-state index contributed by atoms with van der Waals surface area (Å²) in [5.74, 6) is 0. The Kier molecular flexibility index (Phi) is 3.82. The van der Waals surface area contributed by atoms with E-state index in [-0.39, 0.29) is 0 Å². The lowest BCUT2D eigenvalue weighted by Crippen LogP contribution is -2.45. The molecule has 88 valence electrons. The SMILES string of the molecule is CN(C)C1CCCN(c2ccncc2Br)C1. The van der Waals surface area contributed by atoms with Gasteiger partial charge in [0.2, 0.25) is 0 Å². The van der Waals surface area contributed by atoms with Gasteiger partial charge in [0.1, 0.15) is 0 Å². The van der Waals surface area contributed by atoms with E-state index in [9.17, 15) is 0 Å². The van der Waals surface area contributed by atoms with Crippen LogP contribution in [0.15, 0.2) is 22.9 Å². The van der Waals surface area contributed by atoms with Crippen molar-refractivity contribution in [2.75, 3.05) is 32.1 Å². The maximum atomic E-state index is 4.11. The van der Waals surface area contributed by atoms with E-state index >= 15 is 0 Å². The third-order valence-corrected chi connectivity index (χ3v) is 3.83. The van der Waals surface area contributed by atoms with Crippen LogP contribution in [0.4, 0.5) is 5.69 Å². The van der Waals surface area contributed by atoms with Crippen LogP contribution in [-0.4, -0.2) is 43.1 Å². The van der Waals surface area contributed by atoms with E-state index in [1.165, 1.54) is 18.5 Å². The average Bonchev–Trinajstić information content (AvgIpc) is 2.30. The smallest absolute Gasteiger partial charge is 0.0592 e. The third-order valence-electron chi connectivity index (χ3n) is 3.22. The van der Waals surface area contributed by atoms with Gasteiger partial charge in [-0.3, -0.25) is 4.98 Å². The zero-order chi connectivity index (χ0) is 11.5. The molecule has 0 aliphatic carbocycles. The van der Waals surface area contributed by atoms with Crippen molar-refractivity contribution in [1.29, 1.82) is 0 Å². The lowest BCUT2D eigenvalue weighted by atomic mass is 10.0. The number of aromatic nitrogens is 1. The first-order chi connectivity index (χ1) is 7.68. The quantitative estimate of drug-likeness (QED) is 0.831. The molecular formula is C12H18BrN3. The molecule has 1 aromatic rings. The second kappa shape index (κ2) is 5.15. The molecule has 0 saturated carbocycles. The van der Waals surface area contributed by atoms with Crippen molar-refractivity contribution in [3.63, 3.8) is 0 Å². The Morgan fingerprint density at radius 2 is 2.31 bits per heavy atom. The van der Waals surface area contributed by atoms with Gasteiger partial charge in [-0.25, -0.2) is 0 Å². The summed E-state index contributed by atoms with van der Waals surface area (Å²) < 4.78 is 1.09. The van der Waals surface area contributed by atoms with Crippen molar-refractivity contribution in [3.8, 4) is 0 Å². The van der Waals surface area contributed by atoms with Crippen LogP contribution in [0.1, 0.15) is 12.8 Å². The highest BCUT2D eigenvalue weighted by Crippen LogP contribution is 2.28. The highest BCUT2D eigenvalue weighted by Gasteiger charge is 2.22. The summed E-state index contributed by atoms with van der Waals surface area (Å²) in [7, 11) is 4.32. The molecule has 1 aliphatic rings. The van der Waals surface area contributed by atoms with E-state index in [0.717, 1.165) is 17.6 Å². The summed E-state index contributed by atoms with van der Waals surface area (Å²) in [6.45, 7) is 2.25. The molecule has 1 unspecified atom stereocenters. The lowest BCUT2D eigenvalue weighted by molar-refractivity contribution is 0.258. The van der Waals surface area contributed by atoms with Gasteiger partial charge in [-0.1, -0.05) is 0 Å². The van der Waals surface area contributed by atoms with E-state index in [2.05, 4.69) is 50.9 Å². The summed E-state index contributed by atoms with van der Waals surface area (Å²) in [6, 6.07) is 2.75. The molecule has 1 aromatic heterocycles. The number of hydrogen-bond donors (Lipinski definition) is 0. The van der Waals surface area contributed by atoms with E-state index in [1.807, 2.05) is 12.4 Å². The molecule has 0 N–H and O–H groups in total. The van der Waals surface area contributed by atoms with Crippen LogP contribution in [0.5, 0.6) is 0 Å². The normalized spacial score (nSPS) is 21.5. The third kappa shape index (κ3) is 2.55. The Hall–Kier alpha value is -0.610. The summed E-state index contributed by atoms with van der Waals surface area (Å²) in [5, 5.41) is 0. The van der Waals surface area contributed by atoms with Gasteiger partial charge < -0.3 is 9.80 Å². The second-order valence-electron chi connectivity index (χ2n) is 4.53. The highest BCUT2D eigenvalue weighted by molar-refractivity contribution is 9.10. The number of nitrogens with zero attached hydrogens (tertiary/aromatic N) is 3. The number of pyridine rings is 1. The number of anilines is 1. The molecular weight excluding hydrogens is 266 g/mol. The fourth-order valence-electron chi connectivity index (χ4n) is 2.22. The van der Waals surface area contributed by atoms with Gasteiger partial charge >= 0.3 is 0 Å². The molecule has 4 heteroatoms. The molecule has 16 heavy (non-hydrogen) atoms. The minimum Gasteiger partial charge on any atom is -0.369 e. The molecule has 2 rings (SSSR count). The van der Waals surface area contributed by atoms with E-state index < -0.39 is 0 Å². The number of piperidine rings is 1. The monoisotopic (exact) mass is 283 g/mol. The van der Waals surface area contributed by atoms with Gasteiger partial charge in [-0.15, -0.1) is 0 Å². The molecule has 1 aliphatic heterocycles. The van der Waals surface area contributed by atoms with Crippen molar-refractivity contribution in [2.45, 2.75) is 18.9 Å². The molecule has 0 aromatic carbocycles. The Bertz CT molecular complexity index is 354. The van der Waals surface area contributed by atoms with Crippen LogP contribution in [0.25, 0.3) is 0 Å². The standard InChI is InChI=1S/C12H18BrN3/c1-15(2)10-4-3-7-16(9-10)12-5-6-14-8-11(12)13/h5-6,8,10H,3-4,7,9H2,1-2H3. The molecule has 0 radical (unpaired) electrons. The predicted molar refractivity (Wildman–Crippen MR) is 70.9 cm³/mol. The van der Waals surface area contributed by atoms with E-state index in [4.69, 9.17) is 0 Å². The van der Waals surface area contributed by atoms with Gasteiger partial charge in [-0.2, -0.15) is 0 Å². The minimum atomic E-state index is 0.661. The summed E-state index contributed by atoms with van der Waals surface area (Å²) in [5.41, 5.74) is 1.27. The molecule has 2 heterocycles. The molecule has 1 atom stereocenters. The van der Waals surface area contributed by atoms with Crippen molar-refractivity contribution >= 4 is 21.6 Å². The van der Waals surface area contributed by atoms with Gasteiger partial charge in [0.25, 0.3) is 0 Å². The van der Waals surface area contributed by atoms with Crippen LogP contribution in [0.3, 0.4) is 0 Å². The Morgan fingerprint density at radius 1 is 1.50 bits per heavy atom. The number of halogens is 1. The van der Waals surface area contributed by atoms with Gasteiger partial charge in [0, 0.05) is 31.5 Å². The van der Waals surface area contributed by atoms with Crippen LogP contribution < -0.4 is 4.90 Å². The topological polar surface area (TPSA) is 19.4 Å². The number of rotatable bonds is 2. The van der Waals surface area contributed by atoms with Crippen molar-refractivity contribution < 1.29 is 0 Å². The minimum absolute atomic E-state index is 0.661. The van der Waals surface area contributed by atoms with Crippen LogP contribution in [0.2, 0.25) is 0 Å². The maximum absolute atomic E-state index is 4.11. The zero-order valence-corrected chi connectivity index (χ0v) is 11.4. The predicted octanol–water partition coefficient (Wildman–Crippen LogP) is 2.37. The molecule has 3 nitrogen and oxygen atoms in total. The van der Waals surface area contributed by atoms with Crippen LogP contribution >= 0.6 is 15.9 Å². The van der Waals surface area contributed by atoms with Gasteiger partial charge in [0.05, 0.1) is 10.2 Å². The van der Waals surface area contributed by atoms with E-state index in [1.54, 1.807) is 0 Å². The first-order valence-electron chi connectivity index (χ1n) is 5.69. The number of hydrogen-bond acceptors (Lipinski definition) is 3. The summed E-state index contributed by atoms with van der Waals surface area (Å²) >= 11 is 3.57. The fraction of sp³-hybridized carbons (Fsp3) is 0.583. The highest BCUT2D eigenvalue weighted by atomic mass is 79.9. The molecule has 1 fully saturated rings. The Balaban J connectivity index is 2.13. The lowest BCUT2D eigenvalue weighted by Gasteiger charge is -2.37. The Labute approximate surface area is 106 Å². The first kappa shape index (κ1) is 11.9. The number of likely N-dealkylation sites (N-methyl/N-ethyl adjacent to an activating group) is 1. The maximum Gasteiger partial charge on any atom is 0.0592 e. The summed E-state index contributed by atoms with van der Waals surface area (Å²) in [4.78, 5) is 8.87. The van der Waals surface area contributed by atoms with Crippen LogP contribution in [0, 0.1) is 0 Å². The van der Waals surface area contributed by atoms with Gasteiger partial charge in [-0.05, 0) is 48.9 Å². The molecule has 0 bridgehead atoms. The van der Waals surface area contributed by atoms with Crippen molar-refractivity contribution in [2.24, 2.45) is 0 Å². The summed E-state index contributed by atoms with van der Waals surface area (Å²) in [6.07, 6.45) is 6.29. The largest absolute Gasteiger partial charge is 0.369 e. The Morgan fingerprint density at radius 3 is 3.00 bits per heavy atom. The average molecular weight is 284 g/mol. The van der Waals surface area contributed by atoms with Crippen molar-refractivity contribution in [1.82, 2.24) is 9.88 Å². The second-order valence-corrected chi connectivity index (χ2v) is 5.39. The molecule has 0 amide bonds. The van der Waals surface area contributed by atoms with Crippen LogP contribution in [-0.2, 0) is 0 Å². The zero-order valence-electron chi connectivity index (χ0n) is 9.86. The fourth-order valence-corrected chi connectivity index (χ4v) is 2.72. The first-order valence-corrected chi connectivity index (χ1v) is 6.48. The van der Waals surface area contributed by atoms with Gasteiger partial charge in [0.15, 0.2) is 0 Å². The molecule has 1 saturated heterocycles.